The van der Waals surface area contributed by atoms with Crippen LogP contribution in [0.1, 0.15) is 31.7 Å². The van der Waals surface area contributed by atoms with Crippen LogP contribution in [0, 0.1) is 0 Å². The first-order chi connectivity index (χ1) is 6.97. The molecule has 0 heterocycles. The second-order valence-electron chi connectivity index (χ2n) is 4.30. The molecule has 0 saturated heterocycles. The normalized spacial score (nSPS) is 19.7. The first-order valence-corrected chi connectivity index (χ1v) is 5.48. The summed E-state index contributed by atoms with van der Waals surface area (Å²) in [6.07, 6.45) is 1.91. The van der Waals surface area contributed by atoms with Gasteiger partial charge >= 0.3 is 0 Å². The van der Waals surface area contributed by atoms with Crippen molar-refractivity contribution in [2.75, 3.05) is 0 Å². The molecule has 1 saturated carbocycles. The minimum atomic E-state index is -2.70. The van der Waals surface area contributed by atoms with Crippen LogP contribution in [0.25, 0.3) is 0 Å². The molecule has 0 aromatic heterocycles. The van der Waals surface area contributed by atoms with Gasteiger partial charge in [0.05, 0.1) is 5.41 Å². The highest BCUT2D eigenvalue weighted by atomic mass is 35.5. The molecular weight excluding hydrogens is 218 g/mol. The van der Waals surface area contributed by atoms with Gasteiger partial charge in [-0.1, -0.05) is 36.2 Å². The van der Waals surface area contributed by atoms with E-state index in [1.54, 1.807) is 24.3 Å². The van der Waals surface area contributed by atoms with Crippen molar-refractivity contribution in [3.8, 4) is 0 Å². The summed E-state index contributed by atoms with van der Waals surface area (Å²) in [6.45, 7) is 0.996. The second kappa shape index (κ2) is 3.44. The molecule has 0 bridgehead atoms. The highest BCUT2D eigenvalue weighted by Gasteiger charge is 2.55. The molecule has 0 aliphatic heterocycles. The van der Waals surface area contributed by atoms with Crippen molar-refractivity contribution in [2.45, 2.75) is 37.5 Å². The Morgan fingerprint density at radius 3 is 2.27 bits per heavy atom. The van der Waals surface area contributed by atoms with Crippen LogP contribution in [0.3, 0.4) is 0 Å². The van der Waals surface area contributed by atoms with Crippen LogP contribution in [0.5, 0.6) is 0 Å². The fourth-order valence-electron chi connectivity index (χ4n) is 2.32. The predicted molar refractivity (Wildman–Crippen MR) is 57.6 cm³/mol. The van der Waals surface area contributed by atoms with Crippen LogP contribution in [0.4, 0.5) is 8.78 Å². The molecule has 0 spiro atoms. The van der Waals surface area contributed by atoms with Crippen molar-refractivity contribution in [1.82, 2.24) is 0 Å². The Kier molecular flexibility index (Phi) is 2.50. The van der Waals surface area contributed by atoms with Gasteiger partial charge in [-0.15, -0.1) is 0 Å². The molecule has 0 radical (unpaired) electrons. The third-order valence-electron chi connectivity index (χ3n) is 3.44. The molecule has 0 amide bonds. The zero-order valence-corrected chi connectivity index (χ0v) is 9.32. The summed E-state index contributed by atoms with van der Waals surface area (Å²) < 4.78 is 27.3. The van der Waals surface area contributed by atoms with Gasteiger partial charge in [-0.2, -0.15) is 0 Å². The van der Waals surface area contributed by atoms with E-state index in [0.29, 0.717) is 23.4 Å². The molecule has 1 aromatic carbocycles. The van der Waals surface area contributed by atoms with Crippen LogP contribution in [-0.2, 0) is 5.41 Å². The third kappa shape index (κ3) is 1.55. The number of benzene rings is 1. The molecule has 0 unspecified atom stereocenters. The molecule has 3 heteroatoms. The summed E-state index contributed by atoms with van der Waals surface area (Å²) in [4.78, 5) is 0. The lowest BCUT2D eigenvalue weighted by Crippen LogP contribution is -2.48. The van der Waals surface area contributed by atoms with Gasteiger partial charge in [-0.25, -0.2) is 8.78 Å². The van der Waals surface area contributed by atoms with Gasteiger partial charge in [0.25, 0.3) is 5.92 Å². The van der Waals surface area contributed by atoms with Crippen molar-refractivity contribution >= 4 is 11.6 Å². The minimum absolute atomic E-state index is 0.457. The lowest BCUT2D eigenvalue weighted by Gasteiger charge is -2.46. The van der Waals surface area contributed by atoms with E-state index in [0.717, 1.165) is 13.3 Å². The minimum Gasteiger partial charge on any atom is -0.206 e. The Morgan fingerprint density at radius 2 is 1.87 bits per heavy atom. The third-order valence-corrected chi connectivity index (χ3v) is 3.77. The summed E-state index contributed by atoms with van der Waals surface area (Å²) >= 11 is 5.99. The van der Waals surface area contributed by atoms with Gasteiger partial charge in [-0.3, -0.25) is 0 Å². The predicted octanol–water partition coefficient (Wildman–Crippen LogP) is 4.42. The van der Waals surface area contributed by atoms with Gasteiger partial charge in [0.1, 0.15) is 0 Å². The van der Waals surface area contributed by atoms with Crippen molar-refractivity contribution in [3.05, 3.63) is 34.9 Å². The van der Waals surface area contributed by atoms with Crippen LogP contribution in [0.15, 0.2) is 24.3 Å². The maximum absolute atomic E-state index is 13.6. The van der Waals surface area contributed by atoms with Gasteiger partial charge in [0, 0.05) is 11.9 Å². The Hall–Kier alpha value is -0.630. The molecule has 15 heavy (non-hydrogen) atoms. The average molecular weight is 231 g/mol. The fourth-order valence-corrected chi connectivity index (χ4v) is 2.64. The molecule has 0 nitrogen and oxygen atoms in total. The van der Waals surface area contributed by atoms with E-state index in [1.165, 1.54) is 0 Å². The molecule has 2 rings (SSSR count). The second-order valence-corrected chi connectivity index (χ2v) is 4.71. The van der Waals surface area contributed by atoms with E-state index in [2.05, 4.69) is 0 Å². The summed E-state index contributed by atoms with van der Waals surface area (Å²) in [5, 5.41) is 0.457. The molecule has 1 aliphatic rings. The van der Waals surface area contributed by atoms with E-state index >= 15 is 0 Å². The summed E-state index contributed by atoms with van der Waals surface area (Å²) in [6, 6.07) is 6.95. The lowest BCUT2D eigenvalue weighted by molar-refractivity contribution is -0.0969. The number of hydrogen-bond donors (Lipinski definition) is 0. The van der Waals surface area contributed by atoms with Crippen LogP contribution in [-0.4, -0.2) is 5.92 Å². The number of alkyl halides is 2. The molecule has 0 atom stereocenters. The van der Waals surface area contributed by atoms with Gasteiger partial charge in [0.15, 0.2) is 0 Å². The Balaban J connectivity index is 2.48. The molecule has 0 N–H and O–H groups in total. The first kappa shape index (κ1) is 10.9. The quantitative estimate of drug-likeness (QED) is 0.706. The van der Waals surface area contributed by atoms with Gasteiger partial charge in [0.2, 0.25) is 0 Å². The lowest BCUT2D eigenvalue weighted by atomic mass is 9.61. The molecule has 1 aliphatic carbocycles. The van der Waals surface area contributed by atoms with E-state index in [4.69, 9.17) is 11.6 Å². The molecule has 1 aromatic rings. The Morgan fingerprint density at radius 1 is 1.27 bits per heavy atom. The van der Waals surface area contributed by atoms with Crippen molar-refractivity contribution in [1.29, 1.82) is 0 Å². The summed E-state index contributed by atoms with van der Waals surface area (Å²) in [5.41, 5.74) is -0.420. The van der Waals surface area contributed by atoms with Gasteiger partial charge < -0.3 is 0 Å². The highest BCUT2D eigenvalue weighted by Crippen LogP contribution is 2.55. The van der Waals surface area contributed by atoms with E-state index in [-0.39, 0.29) is 0 Å². The number of halogens is 3. The average Bonchev–Trinajstić information content (AvgIpc) is 2.03. The van der Waals surface area contributed by atoms with Crippen LogP contribution >= 0.6 is 11.6 Å². The Labute approximate surface area is 93.2 Å². The smallest absolute Gasteiger partial charge is 0.206 e. The number of hydrogen-bond acceptors (Lipinski definition) is 0. The number of rotatable bonds is 2. The molecule has 82 valence electrons. The summed E-state index contributed by atoms with van der Waals surface area (Å²) in [7, 11) is 0. The van der Waals surface area contributed by atoms with Gasteiger partial charge in [-0.05, 0) is 24.5 Å². The maximum Gasteiger partial charge on any atom is 0.254 e. The zero-order chi connectivity index (χ0) is 11.1. The molecular formula is C12H13ClF2. The maximum atomic E-state index is 13.6. The van der Waals surface area contributed by atoms with Crippen molar-refractivity contribution in [2.24, 2.45) is 0 Å². The van der Waals surface area contributed by atoms with E-state index in [9.17, 15) is 8.78 Å². The topological polar surface area (TPSA) is 0 Å². The largest absolute Gasteiger partial charge is 0.254 e. The van der Waals surface area contributed by atoms with Crippen LogP contribution in [0.2, 0.25) is 5.02 Å². The summed E-state index contributed by atoms with van der Waals surface area (Å²) in [5.74, 6) is -2.70. The standard InChI is InChI=1S/C12H13ClF2/c1-11(14,15)12(7-4-8-12)9-5-2-3-6-10(9)13/h2-3,5-6H,4,7-8H2,1H3. The first-order valence-electron chi connectivity index (χ1n) is 5.10. The van der Waals surface area contributed by atoms with Crippen molar-refractivity contribution < 1.29 is 8.78 Å². The monoisotopic (exact) mass is 230 g/mol. The SMILES string of the molecule is CC(F)(F)C1(c2ccccc2Cl)CCC1. The van der Waals surface area contributed by atoms with E-state index < -0.39 is 11.3 Å². The molecule has 1 fully saturated rings. The zero-order valence-electron chi connectivity index (χ0n) is 8.56. The van der Waals surface area contributed by atoms with Crippen LogP contribution < -0.4 is 0 Å². The highest BCUT2D eigenvalue weighted by molar-refractivity contribution is 6.31. The van der Waals surface area contributed by atoms with Crippen molar-refractivity contribution in [3.63, 3.8) is 0 Å². The fraction of sp³-hybridized carbons (Fsp3) is 0.500. The Bertz CT molecular complexity index is 364. The van der Waals surface area contributed by atoms with E-state index in [1.807, 2.05) is 0 Å².